The van der Waals surface area contributed by atoms with Crippen molar-refractivity contribution < 1.29 is 18.3 Å². The summed E-state index contributed by atoms with van der Waals surface area (Å²) >= 11 is 0. The minimum absolute atomic E-state index is 0.0281. The molecule has 142 valence electrons. The Labute approximate surface area is 158 Å². The van der Waals surface area contributed by atoms with E-state index in [9.17, 15) is 18.3 Å². The number of sulfonamides is 1. The van der Waals surface area contributed by atoms with Gasteiger partial charge in [0, 0.05) is 18.8 Å². The maximum Gasteiger partial charge on any atom is 0.243 e. The van der Waals surface area contributed by atoms with E-state index in [4.69, 9.17) is 0 Å². The first kappa shape index (κ1) is 18.2. The van der Waals surface area contributed by atoms with Gasteiger partial charge >= 0.3 is 0 Å². The highest BCUT2D eigenvalue weighted by molar-refractivity contribution is 7.89. The van der Waals surface area contributed by atoms with Gasteiger partial charge in [-0.1, -0.05) is 6.07 Å². The molecule has 4 rings (SSSR count). The second kappa shape index (κ2) is 6.74. The summed E-state index contributed by atoms with van der Waals surface area (Å²) in [5.74, 6) is -0.0281. The fourth-order valence-corrected chi connectivity index (χ4v) is 5.48. The van der Waals surface area contributed by atoms with Crippen molar-refractivity contribution in [2.45, 2.75) is 37.7 Å². The molecular formula is C20H22N2O4S. The van der Waals surface area contributed by atoms with Crippen LogP contribution in [0.25, 0.3) is 11.1 Å². The summed E-state index contributed by atoms with van der Waals surface area (Å²) in [7, 11) is -3.53. The number of carbonyl (C=O) groups is 1. The maximum absolute atomic E-state index is 12.8. The Kier molecular flexibility index (Phi) is 4.53. The molecular weight excluding hydrogens is 364 g/mol. The lowest BCUT2D eigenvalue weighted by Crippen LogP contribution is -2.27. The molecule has 0 spiro atoms. The van der Waals surface area contributed by atoms with Crippen LogP contribution in [0.3, 0.4) is 0 Å². The highest BCUT2D eigenvalue weighted by Gasteiger charge is 2.28. The summed E-state index contributed by atoms with van der Waals surface area (Å²) in [5, 5.41) is 12.7. The second-order valence-corrected chi connectivity index (χ2v) is 9.08. The first-order valence-corrected chi connectivity index (χ1v) is 10.5. The number of anilines is 1. The predicted molar refractivity (Wildman–Crippen MR) is 103 cm³/mol. The fraction of sp³-hybridized carbons (Fsp3) is 0.350. The number of aliphatic hydroxyl groups is 1. The Morgan fingerprint density at radius 3 is 2.59 bits per heavy atom. The van der Waals surface area contributed by atoms with Crippen LogP contribution >= 0.6 is 0 Å². The van der Waals surface area contributed by atoms with Gasteiger partial charge in [-0.2, -0.15) is 4.31 Å². The largest absolute Gasteiger partial charge is 0.392 e. The van der Waals surface area contributed by atoms with Gasteiger partial charge in [0.05, 0.1) is 17.9 Å². The number of carbonyl (C=O) groups excluding carboxylic acids is 1. The molecule has 0 unspecified atom stereocenters. The summed E-state index contributed by atoms with van der Waals surface area (Å²) in [6.07, 6.45) is 2.09. The number of nitrogens with one attached hydrogen (secondary N) is 1. The summed E-state index contributed by atoms with van der Waals surface area (Å²) in [4.78, 5) is 11.9. The number of hydrogen-bond acceptors (Lipinski definition) is 4. The molecule has 2 aliphatic rings. The van der Waals surface area contributed by atoms with Gasteiger partial charge in [-0.25, -0.2) is 8.42 Å². The van der Waals surface area contributed by atoms with E-state index in [0.717, 1.165) is 40.8 Å². The average molecular weight is 386 g/mol. The van der Waals surface area contributed by atoms with Gasteiger partial charge in [0.25, 0.3) is 0 Å². The minimum atomic E-state index is -3.53. The lowest BCUT2D eigenvalue weighted by atomic mass is 9.95. The van der Waals surface area contributed by atoms with E-state index in [1.54, 1.807) is 18.2 Å². The van der Waals surface area contributed by atoms with Crippen LogP contribution in [-0.4, -0.2) is 36.8 Å². The van der Waals surface area contributed by atoms with E-state index < -0.39 is 10.0 Å². The number of benzene rings is 2. The average Bonchev–Trinajstić information content (AvgIpc) is 3.30. The lowest BCUT2D eigenvalue weighted by molar-refractivity contribution is -0.115. The first-order chi connectivity index (χ1) is 12.9. The molecule has 0 aliphatic carbocycles. The lowest BCUT2D eigenvalue weighted by Gasteiger charge is -2.17. The zero-order valence-electron chi connectivity index (χ0n) is 15.2. The van der Waals surface area contributed by atoms with Crippen molar-refractivity contribution in [3.8, 4) is 11.1 Å². The third kappa shape index (κ3) is 3.16. The molecule has 2 aromatic carbocycles. The molecule has 2 aliphatic heterocycles. The summed E-state index contributed by atoms with van der Waals surface area (Å²) in [6, 6.07) is 8.81. The molecule has 0 saturated carbocycles. The number of hydrogen-bond donors (Lipinski definition) is 2. The molecule has 2 heterocycles. The van der Waals surface area contributed by atoms with Gasteiger partial charge in [-0.3, -0.25) is 4.79 Å². The Hall–Kier alpha value is -2.22. The molecule has 1 saturated heterocycles. The summed E-state index contributed by atoms with van der Waals surface area (Å²) in [5.41, 5.74) is 4.94. The number of aliphatic hydroxyl groups excluding tert-OH is 1. The van der Waals surface area contributed by atoms with Crippen molar-refractivity contribution in [3.63, 3.8) is 0 Å². The molecule has 7 heteroatoms. The van der Waals surface area contributed by atoms with E-state index in [-0.39, 0.29) is 17.4 Å². The zero-order valence-corrected chi connectivity index (χ0v) is 16.0. The smallest absolute Gasteiger partial charge is 0.243 e. The highest BCUT2D eigenvalue weighted by Crippen LogP contribution is 2.35. The second-order valence-electron chi connectivity index (χ2n) is 7.14. The SMILES string of the molecule is Cc1cc(-c2ccc(S(=O)(=O)N3CCCC3)cc2CO)cc2c1NC(=O)C2. The molecule has 1 amide bonds. The highest BCUT2D eigenvalue weighted by atomic mass is 32.2. The van der Waals surface area contributed by atoms with Crippen LogP contribution in [0.4, 0.5) is 5.69 Å². The van der Waals surface area contributed by atoms with Crippen molar-refractivity contribution in [1.29, 1.82) is 0 Å². The van der Waals surface area contributed by atoms with Crippen LogP contribution in [0.2, 0.25) is 0 Å². The molecule has 2 N–H and O–H groups in total. The molecule has 2 aromatic rings. The third-order valence-electron chi connectivity index (χ3n) is 5.29. The number of aryl methyl sites for hydroxylation is 1. The standard InChI is InChI=1S/C20H22N2O4S/c1-13-8-14(9-15-11-19(24)21-20(13)15)18-5-4-17(10-16(18)12-23)27(25,26)22-6-2-3-7-22/h4-5,8-10,23H,2-3,6-7,11-12H2,1H3,(H,21,24). The van der Waals surface area contributed by atoms with Crippen molar-refractivity contribution >= 4 is 21.6 Å². The Bertz CT molecular complexity index is 1020. The third-order valence-corrected chi connectivity index (χ3v) is 7.19. The number of fused-ring (bicyclic) bond motifs is 1. The van der Waals surface area contributed by atoms with Crippen molar-refractivity contribution in [3.05, 3.63) is 47.0 Å². The van der Waals surface area contributed by atoms with Gasteiger partial charge in [0.1, 0.15) is 0 Å². The number of rotatable bonds is 4. The van der Waals surface area contributed by atoms with Crippen molar-refractivity contribution in [2.24, 2.45) is 0 Å². The Morgan fingerprint density at radius 2 is 1.89 bits per heavy atom. The van der Waals surface area contributed by atoms with Crippen LogP contribution in [0.5, 0.6) is 0 Å². The van der Waals surface area contributed by atoms with Crippen molar-refractivity contribution in [1.82, 2.24) is 4.31 Å². The summed E-state index contributed by atoms with van der Waals surface area (Å²) in [6.45, 7) is 2.76. The van der Waals surface area contributed by atoms with Gasteiger partial charge in [0.15, 0.2) is 0 Å². The quantitative estimate of drug-likeness (QED) is 0.845. The van der Waals surface area contributed by atoms with Crippen LogP contribution in [0, 0.1) is 6.92 Å². The normalized spacial score (nSPS) is 17.2. The van der Waals surface area contributed by atoms with E-state index in [2.05, 4.69) is 5.32 Å². The Balaban J connectivity index is 1.76. The van der Waals surface area contributed by atoms with Crippen LogP contribution in [0.1, 0.15) is 29.5 Å². The van der Waals surface area contributed by atoms with Gasteiger partial charge in [0.2, 0.25) is 15.9 Å². The van der Waals surface area contributed by atoms with E-state index in [1.165, 1.54) is 4.31 Å². The first-order valence-electron chi connectivity index (χ1n) is 9.08. The minimum Gasteiger partial charge on any atom is -0.392 e. The fourth-order valence-electron chi connectivity index (χ4n) is 3.91. The van der Waals surface area contributed by atoms with Crippen LogP contribution in [0.15, 0.2) is 35.2 Å². The molecule has 0 radical (unpaired) electrons. The predicted octanol–water partition coefficient (Wildman–Crippen LogP) is 2.43. The van der Waals surface area contributed by atoms with Gasteiger partial charge < -0.3 is 10.4 Å². The maximum atomic E-state index is 12.8. The molecule has 0 bridgehead atoms. The van der Waals surface area contributed by atoms with E-state index >= 15 is 0 Å². The molecule has 6 nitrogen and oxygen atoms in total. The number of nitrogens with zero attached hydrogens (tertiary/aromatic N) is 1. The number of amides is 1. The molecule has 27 heavy (non-hydrogen) atoms. The molecule has 1 fully saturated rings. The summed E-state index contributed by atoms with van der Waals surface area (Å²) < 4.78 is 27.1. The Morgan fingerprint density at radius 1 is 1.15 bits per heavy atom. The van der Waals surface area contributed by atoms with Crippen LogP contribution < -0.4 is 5.32 Å². The van der Waals surface area contributed by atoms with Gasteiger partial charge in [-0.15, -0.1) is 0 Å². The topological polar surface area (TPSA) is 86.7 Å². The monoisotopic (exact) mass is 386 g/mol. The van der Waals surface area contributed by atoms with Crippen molar-refractivity contribution in [2.75, 3.05) is 18.4 Å². The van der Waals surface area contributed by atoms with E-state index in [1.807, 2.05) is 19.1 Å². The van der Waals surface area contributed by atoms with E-state index in [0.29, 0.717) is 25.1 Å². The molecule has 0 atom stereocenters. The molecule has 0 aromatic heterocycles. The zero-order chi connectivity index (χ0) is 19.2. The van der Waals surface area contributed by atoms with Gasteiger partial charge in [-0.05, 0) is 71.8 Å². The van der Waals surface area contributed by atoms with Crippen LogP contribution in [-0.2, 0) is 27.8 Å².